The Kier molecular flexibility index (Phi) is 3.25. The Bertz CT molecular complexity index is 622. The van der Waals surface area contributed by atoms with Gasteiger partial charge in [0.15, 0.2) is 0 Å². The van der Waals surface area contributed by atoms with Gasteiger partial charge in [0.25, 0.3) is 0 Å². The summed E-state index contributed by atoms with van der Waals surface area (Å²) >= 11 is 0. The molecule has 1 aliphatic rings. The second-order valence-electron chi connectivity index (χ2n) is 4.40. The molecule has 0 radical (unpaired) electrons. The molecule has 1 aliphatic heterocycles. The van der Waals surface area contributed by atoms with Crippen molar-refractivity contribution in [3.05, 3.63) is 59.3 Å². The number of hydrogen-bond donors (Lipinski definition) is 2. The topological polar surface area (TPSA) is 57.5 Å². The number of aliphatic hydroxyl groups excluding tert-OH is 1. The summed E-state index contributed by atoms with van der Waals surface area (Å²) in [5.74, 6) is 0.763. The molecule has 0 atom stereocenters. The number of anilines is 1. The van der Waals surface area contributed by atoms with Crippen molar-refractivity contribution in [2.24, 2.45) is 4.99 Å². The lowest BCUT2D eigenvalue weighted by molar-refractivity contribution is 0.311. The SMILES string of the molecule is OCCNc1cc(C2=NCc3ccccc32)ccn1. The van der Waals surface area contributed by atoms with E-state index in [0.29, 0.717) is 6.54 Å². The fourth-order valence-electron chi connectivity index (χ4n) is 2.24. The zero-order valence-electron chi connectivity index (χ0n) is 10.5. The lowest BCUT2D eigenvalue weighted by Gasteiger charge is -2.07. The Morgan fingerprint density at radius 2 is 2.11 bits per heavy atom. The Morgan fingerprint density at radius 3 is 3.00 bits per heavy atom. The van der Waals surface area contributed by atoms with Gasteiger partial charge in [-0.25, -0.2) is 4.98 Å². The first-order valence-corrected chi connectivity index (χ1v) is 6.32. The molecule has 19 heavy (non-hydrogen) atoms. The van der Waals surface area contributed by atoms with Crippen molar-refractivity contribution in [2.75, 3.05) is 18.5 Å². The molecule has 4 nitrogen and oxygen atoms in total. The van der Waals surface area contributed by atoms with Crippen LogP contribution in [0.3, 0.4) is 0 Å². The quantitative estimate of drug-likeness (QED) is 0.874. The van der Waals surface area contributed by atoms with Gasteiger partial charge >= 0.3 is 0 Å². The van der Waals surface area contributed by atoms with E-state index < -0.39 is 0 Å². The predicted octanol–water partition coefficient (Wildman–Crippen LogP) is 1.84. The molecule has 0 aliphatic carbocycles. The average Bonchev–Trinajstić information content (AvgIpc) is 2.89. The number of nitrogens with zero attached hydrogens (tertiary/aromatic N) is 2. The molecule has 2 heterocycles. The minimum atomic E-state index is 0.0929. The largest absolute Gasteiger partial charge is 0.395 e. The summed E-state index contributed by atoms with van der Waals surface area (Å²) in [5.41, 5.74) is 4.53. The van der Waals surface area contributed by atoms with Gasteiger partial charge in [0.2, 0.25) is 0 Å². The summed E-state index contributed by atoms with van der Waals surface area (Å²) in [7, 11) is 0. The molecule has 0 unspecified atom stereocenters. The van der Waals surface area contributed by atoms with Crippen molar-refractivity contribution in [2.45, 2.75) is 6.54 Å². The van der Waals surface area contributed by atoms with Crippen LogP contribution in [0.4, 0.5) is 5.82 Å². The third-order valence-electron chi connectivity index (χ3n) is 3.13. The van der Waals surface area contributed by atoms with Crippen LogP contribution in [0.2, 0.25) is 0 Å². The van der Waals surface area contributed by atoms with E-state index in [1.165, 1.54) is 11.1 Å². The molecule has 0 saturated heterocycles. The van der Waals surface area contributed by atoms with Crippen LogP contribution in [0.1, 0.15) is 16.7 Å². The Balaban J connectivity index is 1.91. The van der Waals surface area contributed by atoms with Crippen LogP contribution >= 0.6 is 0 Å². The number of pyridine rings is 1. The van der Waals surface area contributed by atoms with E-state index in [2.05, 4.69) is 27.4 Å². The Hall–Kier alpha value is -2.20. The van der Waals surface area contributed by atoms with Gasteiger partial charge in [-0.3, -0.25) is 4.99 Å². The van der Waals surface area contributed by atoms with Gasteiger partial charge in [0.05, 0.1) is 18.9 Å². The summed E-state index contributed by atoms with van der Waals surface area (Å²) in [6, 6.07) is 12.2. The van der Waals surface area contributed by atoms with Gasteiger partial charge in [-0.2, -0.15) is 0 Å². The number of aliphatic imine (C=N–C) groups is 1. The highest BCUT2D eigenvalue weighted by atomic mass is 16.3. The zero-order chi connectivity index (χ0) is 13.1. The minimum Gasteiger partial charge on any atom is -0.395 e. The first-order valence-electron chi connectivity index (χ1n) is 6.32. The molecular formula is C15H15N3O. The number of fused-ring (bicyclic) bond motifs is 1. The molecule has 0 saturated carbocycles. The highest BCUT2D eigenvalue weighted by Gasteiger charge is 2.16. The smallest absolute Gasteiger partial charge is 0.126 e. The van der Waals surface area contributed by atoms with Gasteiger partial charge < -0.3 is 10.4 Å². The van der Waals surface area contributed by atoms with E-state index in [9.17, 15) is 0 Å². The fourth-order valence-corrected chi connectivity index (χ4v) is 2.24. The average molecular weight is 253 g/mol. The number of aliphatic hydroxyl groups is 1. The molecular weight excluding hydrogens is 238 g/mol. The molecule has 0 spiro atoms. The maximum absolute atomic E-state index is 8.82. The monoisotopic (exact) mass is 253 g/mol. The minimum absolute atomic E-state index is 0.0929. The van der Waals surface area contributed by atoms with E-state index in [1.807, 2.05) is 24.3 Å². The first kappa shape index (κ1) is 11.9. The molecule has 0 bridgehead atoms. The van der Waals surface area contributed by atoms with Gasteiger partial charge in [-0.1, -0.05) is 24.3 Å². The second kappa shape index (κ2) is 5.20. The molecule has 1 aromatic carbocycles. The zero-order valence-corrected chi connectivity index (χ0v) is 10.5. The van der Waals surface area contributed by atoms with Gasteiger partial charge in [-0.15, -0.1) is 0 Å². The third kappa shape index (κ3) is 2.35. The Morgan fingerprint density at radius 1 is 1.21 bits per heavy atom. The molecule has 4 heteroatoms. The van der Waals surface area contributed by atoms with Crippen molar-refractivity contribution < 1.29 is 5.11 Å². The fraction of sp³-hybridized carbons (Fsp3) is 0.200. The number of benzene rings is 1. The Labute approximate surface area is 111 Å². The summed E-state index contributed by atoms with van der Waals surface area (Å²) in [4.78, 5) is 8.83. The number of nitrogens with one attached hydrogen (secondary N) is 1. The lowest BCUT2D eigenvalue weighted by atomic mass is 10.0. The van der Waals surface area contributed by atoms with Gasteiger partial charge in [0, 0.05) is 23.9 Å². The van der Waals surface area contributed by atoms with E-state index in [-0.39, 0.29) is 6.61 Å². The van der Waals surface area contributed by atoms with Crippen LogP contribution in [0.25, 0.3) is 0 Å². The number of aromatic nitrogens is 1. The summed E-state index contributed by atoms with van der Waals surface area (Å²) in [6.45, 7) is 1.34. The van der Waals surface area contributed by atoms with E-state index in [0.717, 1.165) is 23.6 Å². The summed E-state index contributed by atoms with van der Waals surface area (Å²) < 4.78 is 0. The van der Waals surface area contributed by atoms with Crippen molar-refractivity contribution in [1.29, 1.82) is 0 Å². The molecule has 96 valence electrons. The van der Waals surface area contributed by atoms with Crippen molar-refractivity contribution in [3.63, 3.8) is 0 Å². The molecule has 3 rings (SSSR count). The maximum atomic E-state index is 8.82. The van der Waals surface area contributed by atoms with Crippen LogP contribution in [0.15, 0.2) is 47.6 Å². The van der Waals surface area contributed by atoms with E-state index >= 15 is 0 Å². The lowest BCUT2D eigenvalue weighted by Crippen LogP contribution is -2.08. The van der Waals surface area contributed by atoms with Crippen LogP contribution in [-0.2, 0) is 6.54 Å². The van der Waals surface area contributed by atoms with Gasteiger partial charge in [0.1, 0.15) is 5.82 Å². The maximum Gasteiger partial charge on any atom is 0.126 e. The second-order valence-corrected chi connectivity index (χ2v) is 4.40. The third-order valence-corrected chi connectivity index (χ3v) is 3.13. The summed E-state index contributed by atoms with van der Waals surface area (Å²) in [6.07, 6.45) is 1.76. The van der Waals surface area contributed by atoms with E-state index in [4.69, 9.17) is 5.11 Å². The first-order chi connectivity index (χ1) is 9.38. The van der Waals surface area contributed by atoms with Crippen LogP contribution in [-0.4, -0.2) is 29.0 Å². The van der Waals surface area contributed by atoms with Crippen LogP contribution in [0.5, 0.6) is 0 Å². The molecule has 2 aromatic rings. The highest BCUT2D eigenvalue weighted by Crippen LogP contribution is 2.23. The van der Waals surface area contributed by atoms with Crippen LogP contribution in [0, 0.1) is 0 Å². The van der Waals surface area contributed by atoms with E-state index in [1.54, 1.807) is 6.20 Å². The molecule has 1 aromatic heterocycles. The summed E-state index contributed by atoms with van der Waals surface area (Å²) in [5, 5.41) is 11.9. The number of hydrogen-bond acceptors (Lipinski definition) is 4. The van der Waals surface area contributed by atoms with Crippen molar-refractivity contribution in [3.8, 4) is 0 Å². The molecule has 0 amide bonds. The van der Waals surface area contributed by atoms with Crippen molar-refractivity contribution >= 4 is 11.5 Å². The normalized spacial score (nSPS) is 13.0. The van der Waals surface area contributed by atoms with Crippen LogP contribution < -0.4 is 5.32 Å². The molecule has 0 fully saturated rings. The predicted molar refractivity (Wildman–Crippen MR) is 75.6 cm³/mol. The number of rotatable bonds is 4. The van der Waals surface area contributed by atoms with Crippen molar-refractivity contribution in [1.82, 2.24) is 4.98 Å². The molecule has 2 N–H and O–H groups in total. The highest BCUT2D eigenvalue weighted by molar-refractivity contribution is 6.15. The standard InChI is InChI=1S/C15H15N3O/c19-8-7-17-14-9-11(5-6-16-14)15-13-4-2-1-3-12(13)10-18-15/h1-6,9,19H,7-8,10H2,(H,16,17). The van der Waals surface area contributed by atoms with Gasteiger partial charge in [-0.05, 0) is 17.7 Å².